The summed E-state index contributed by atoms with van der Waals surface area (Å²) in [5.74, 6) is -0.635. The zero-order chi connectivity index (χ0) is 25.2. The van der Waals surface area contributed by atoms with Crippen molar-refractivity contribution in [3.05, 3.63) is 106 Å². The van der Waals surface area contributed by atoms with Gasteiger partial charge in [-0.25, -0.2) is 8.42 Å². The number of sulfonamides is 1. The van der Waals surface area contributed by atoms with Crippen molar-refractivity contribution in [2.24, 2.45) is 5.73 Å². The highest BCUT2D eigenvalue weighted by molar-refractivity contribution is 7.92. The van der Waals surface area contributed by atoms with Crippen LogP contribution in [0.5, 0.6) is 0 Å². The molecule has 1 amide bonds. The van der Waals surface area contributed by atoms with Crippen LogP contribution in [0.15, 0.2) is 83.8 Å². The van der Waals surface area contributed by atoms with E-state index in [0.29, 0.717) is 34.0 Å². The van der Waals surface area contributed by atoms with Crippen molar-refractivity contribution in [1.82, 2.24) is 0 Å². The third kappa shape index (κ3) is 5.65. The normalized spacial score (nSPS) is 11.4. The molecular weight excluding hydrogens is 507 g/mol. The molecule has 0 aliphatic heterocycles. The van der Waals surface area contributed by atoms with E-state index in [-0.39, 0.29) is 27.1 Å². The molecule has 0 aromatic heterocycles. The summed E-state index contributed by atoms with van der Waals surface area (Å²) in [6.45, 7) is 0. The number of benzene rings is 4. The minimum atomic E-state index is -3.98. The molecule has 178 valence electrons. The minimum Gasteiger partial charge on any atom is -0.366 e. The molecular formula is C26H20Cl2N2O4S. The quantitative estimate of drug-likeness (QED) is 0.280. The number of aryl methyl sites for hydroxylation is 1. The fraction of sp³-hybridized carbons (Fsp3) is 0.0769. The Morgan fingerprint density at radius 1 is 0.829 bits per heavy atom. The van der Waals surface area contributed by atoms with Gasteiger partial charge in [-0.05, 0) is 53.8 Å². The molecule has 0 unspecified atom stereocenters. The van der Waals surface area contributed by atoms with Crippen LogP contribution in [0.4, 0.5) is 5.69 Å². The maximum absolute atomic E-state index is 13.1. The molecule has 0 aliphatic carbocycles. The first kappa shape index (κ1) is 24.7. The highest BCUT2D eigenvalue weighted by Gasteiger charge is 2.18. The van der Waals surface area contributed by atoms with Crippen LogP contribution in [0.25, 0.3) is 10.8 Å². The molecule has 0 radical (unpaired) electrons. The summed E-state index contributed by atoms with van der Waals surface area (Å²) >= 11 is 11.9. The van der Waals surface area contributed by atoms with Crippen molar-refractivity contribution in [2.75, 3.05) is 4.72 Å². The minimum absolute atomic E-state index is 0.0718. The summed E-state index contributed by atoms with van der Waals surface area (Å²) in [4.78, 5) is 24.4. The molecule has 4 aromatic rings. The summed E-state index contributed by atoms with van der Waals surface area (Å²) in [5, 5.41) is 1.59. The van der Waals surface area contributed by atoms with Gasteiger partial charge < -0.3 is 5.73 Å². The van der Waals surface area contributed by atoms with Crippen molar-refractivity contribution in [2.45, 2.75) is 17.7 Å². The van der Waals surface area contributed by atoms with Crippen molar-refractivity contribution in [3.8, 4) is 0 Å². The van der Waals surface area contributed by atoms with Crippen molar-refractivity contribution < 1.29 is 18.0 Å². The molecule has 0 saturated heterocycles. The van der Waals surface area contributed by atoms with Gasteiger partial charge in [0.15, 0.2) is 5.78 Å². The van der Waals surface area contributed by atoms with Crippen LogP contribution in [-0.4, -0.2) is 20.1 Å². The second kappa shape index (κ2) is 10.1. The van der Waals surface area contributed by atoms with Gasteiger partial charge in [0.1, 0.15) is 0 Å². The average Bonchev–Trinajstić information content (AvgIpc) is 2.82. The number of carbonyl (C=O) groups excluding carboxylic acids is 2. The number of hydrogen-bond donors (Lipinski definition) is 2. The monoisotopic (exact) mass is 526 g/mol. The number of halogens is 2. The molecule has 9 heteroatoms. The lowest BCUT2D eigenvalue weighted by Gasteiger charge is -2.13. The molecule has 0 saturated carbocycles. The van der Waals surface area contributed by atoms with E-state index in [4.69, 9.17) is 28.9 Å². The van der Waals surface area contributed by atoms with Gasteiger partial charge in [-0.15, -0.1) is 0 Å². The van der Waals surface area contributed by atoms with E-state index in [0.717, 1.165) is 5.56 Å². The number of carbonyl (C=O) groups is 2. The van der Waals surface area contributed by atoms with Crippen LogP contribution in [0.2, 0.25) is 10.0 Å². The van der Waals surface area contributed by atoms with Gasteiger partial charge in [0.05, 0.1) is 10.6 Å². The number of nitrogens with two attached hydrogens (primary N) is 1. The van der Waals surface area contributed by atoms with E-state index in [1.165, 1.54) is 18.2 Å². The van der Waals surface area contributed by atoms with Gasteiger partial charge in [0.2, 0.25) is 5.91 Å². The van der Waals surface area contributed by atoms with Gasteiger partial charge in [-0.3, -0.25) is 14.3 Å². The highest BCUT2D eigenvalue weighted by atomic mass is 35.5. The molecule has 0 bridgehead atoms. The topological polar surface area (TPSA) is 106 Å². The lowest BCUT2D eigenvalue weighted by Crippen LogP contribution is -2.13. The van der Waals surface area contributed by atoms with Crippen LogP contribution in [0, 0.1) is 0 Å². The van der Waals surface area contributed by atoms with E-state index < -0.39 is 15.9 Å². The Kier molecular flexibility index (Phi) is 7.12. The van der Waals surface area contributed by atoms with E-state index in [2.05, 4.69) is 4.72 Å². The molecule has 6 nitrogen and oxygen atoms in total. The maximum atomic E-state index is 13.1. The summed E-state index contributed by atoms with van der Waals surface area (Å²) in [5.41, 5.74) is 7.34. The first-order valence-electron chi connectivity index (χ1n) is 10.6. The Labute approximate surface area is 212 Å². The largest absolute Gasteiger partial charge is 0.366 e. The summed E-state index contributed by atoms with van der Waals surface area (Å²) < 4.78 is 28.5. The fourth-order valence-electron chi connectivity index (χ4n) is 3.80. The number of anilines is 1. The first-order valence-corrected chi connectivity index (χ1v) is 12.8. The predicted octanol–water partition coefficient (Wildman–Crippen LogP) is 5.86. The van der Waals surface area contributed by atoms with Gasteiger partial charge in [-0.1, -0.05) is 65.7 Å². The number of hydrogen-bond acceptors (Lipinski definition) is 4. The van der Waals surface area contributed by atoms with E-state index in [1.54, 1.807) is 54.6 Å². The standard InChI is InChI=1S/C26H20Cl2N2O4S/c27-18-13-19(28)15-20(14-18)35(33,34)30-24-9-3-6-21-22(24)7-2-8-23(21)25(31)11-10-16-4-1-5-17(12-16)26(29)32/h1-9,12-15,30H,10-11H2,(H2,29,32). The van der Waals surface area contributed by atoms with Crippen LogP contribution < -0.4 is 10.5 Å². The fourth-order valence-corrected chi connectivity index (χ4v) is 5.61. The highest BCUT2D eigenvalue weighted by Crippen LogP contribution is 2.30. The number of fused-ring (bicyclic) bond motifs is 1. The van der Waals surface area contributed by atoms with Gasteiger partial charge in [-0.2, -0.15) is 0 Å². The van der Waals surface area contributed by atoms with Gasteiger partial charge in [0, 0.05) is 33.0 Å². The molecule has 0 atom stereocenters. The van der Waals surface area contributed by atoms with E-state index in [1.807, 2.05) is 6.07 Å². The van der Waals surface area contributed by atoms with Crippen molar-refractivity contribution >= 4 is 61.4 Å². The molecule has 4 aromatic carbocycles. The summed E-state index contributed by atoms with van der Waals surface area (Å²) in [6, 6.07) is 21.1. The lowest BCUT2D eigenvalue weighted by atomic mass is 9.96. The third-order valence-electron chi connectivity index (χ3n) is 5.47. The Bertz CT molecular complexity index is 1550. The van der Waals surface area contributed by atoms with Crippen LogP contribution in [-0.2, 0) is 16.4 Å². The third-order valence-corrected chi connectivity index (χ3v) is 7.25. The molecule has 0 aliphatic rings. The summed E-state index contributed by atoms with van der Waals surface area (Å²) in [7, 11) is -3.98. The van der Waals surface area contributed by atoms with Gasteiger partial charge >= 0.3 is 0 Å². The van der Waals surface area contributed by atoms with Crippen molar-refractivity contribution in [1.29, 1.82) is 0 Å². The number of primary amides is 1. The smallest absolute Gasteiger partial charge is 0.262 e. The van der Waals surface area contributed by atoms with Crippen LogP contribution >= 0.6 is 23.2 Å². The van der Waals surface area contributed by atoms with Crippen molar-refractivity contribution in [3.63, 3.8) is 0 Å². The average molecular weight is 527 g/mol. The molecule has 0 heterocycles. The summed E-state index contributed by atoms with van der Waals surface area (Å²) in [6.07, 6.45) is 0.635. The lowest BCUT2D eigenvalue weighted by molar-refractivity contribution is 0.0982. The molecule has 35 heavy (non-hydrogen) atoms. The molecule has 0 spiro atoms. The van der Waals surface area contributed by atoms with Gasteiger partial charge in [0.25, 0.3) is 10.0 Å². The number of ketones is 1. The number of rotatable bonds is 8. The Hall–Kier alpha value is -3.39. The Balaban J connectivity index is 1.62. The number of nitrogens with one attached hydrogen (secondary N) is 1. The van der Waals surface area contributed by atoms with E-state index >= 15 is 0 Å². The predicted molar refractivity (Wildman–Crippen MR) is 139 cm³/mol. The molecule has 0 fully saturated rings. The zero-order valence-corrected chi connectivity index (χ0v) is 20.6. The first-order chi connectivity index (χ1) is 16.6. The molecule has 3 N–H and O–H groups in total. The zero-order valence-electron chi connectivity index (χ0n) is 18.3. The Morgan fingerprint density at radius 2 is 1.49 bits per heavy atom. The number of amides is 1. The van der Waals surface area contributed by atoms with Crippen LogP contribution in [0.1, 0.15) is 32.7 Å². The number of Topliss-reactive ketones (excluding diaryl/α,β-unsaturated/α-hetero) is 1. The second-order valence-electron chi connectivity index (χ2n) is 7.90. The van der Waals surface area contributed by atoms with Crippen LogP contribution in [0.3, 0.4) is 0 Å². The molecule has 4 rings (SSSR count). The SMILES string of the molecule is NC(=O)c1cccc(CCC(=O)c2cccc3c(NS(=O)(=O)c4cc(Cl)cc(Cl)c4)cccc23)c1. The maximum Gasteiger partial charge on any atom is 0.262 e. The van der Waals surface area contributed by atoms with E-state index in [9.17, 15) is 18.0 Å². The second-order valence-corrected chi connectivity index (χ2v) is 10.5. The Morgan fingerprint density at radius 3 is 2.20 bits per heavy atom.